The third kappa shape index (κ3) is 3.35. The van der Waals surface area contributed by atoms with E-state index in [4.69, 9.17) is 0 Å². The first kappa shape index (κ1) is 18.4. The molecule has 0 radical (unpaired) electrons. The van der Waals surface area contributed by atoms with Gasteiger partial charge < -0.3 is 10.4 Å². The van der Waals surface area contributed by atoms with E-state index < -0.39 is 23.2 Å². The monoisotopic (exact) mass is 371 g/mol. The van der Waals surface area contributed by atoms with Crippen molar-refractivity contribution >= 4 is 28.6 Å². The molecular weight excluding hydrogens is 353 g/mol. The number of anilines is 1. The summed E-state index contributed by atoms with van der Waals surface area (Å²) in [6, 6.07) is 2.31. The summed E-state index contributed by atoms with van der Waals surface area (Å²) >= 11 is 0. The van der Waals surface area contributed by atoms with Crippen molar-refractivity contribution in [2.45, 2.75) is 33.2 Å². The quantitative estimate of drug-likeness (QED) is 0.730. The van der Waals surface area contributed by atoms with Crippen molar-refractivity contribution in [2.75, 3.05) is 5.32 Å². The molecule has 2 aromatic heterocycles. The van der Waals surface area contributed by atoms with Crippen LogP contribution in [0.15, 0.2) is 24.5 Å². The number of hydrogen-bond acceptors (Lipinski definition) is 5. The number of halogens is 1. The highest BCUT2D eigenvalue weighted by molar-refractivity contribution is 6.11. The number of nitrogens with zero attached hydrogens (tertiary/aromatic N) is 4. The SMILES string of the molecule is Cc1nc2cc(F)cc(C(=O)Nc3cnn(C(C)(C)C(=O)O)c3)c2nc1C. The van der Waals surface area contributed by atoms with Crippen molar-refractivity contribution < 1.29 is 19.1 Å². The number of aliphatic carboxylic acids is 1. The largest absolute Gasteiger partial charge is 0.479 e. The van der Waals surface area contributed by atoms with Gasteiger partial charge in [-0.05, 0) is 33.8 Å². The molecule has 1 amide bonds. The molecule has 140 valence electrons. The van der Waals surface area contributed by atoms with Gasteiger partial charge in [0.25, 0.3) is 5.91 Å². The van der Waals surface area contributed by atoms with Crippen molar-refractivity contribution in [1.82, 2.24) is 19.7 Å². The summed E-state index contributed by atoms with van der Waals surface area (Å²) < 4.78 is 15.2. The van der Waals surface area contributed by atoms with Crippen LogP contribution in [-0.2, 0) is 10.3 Å². The van der Waals surface area contributed by atoms with Crippen LogP contribution in [-0.4, -0.2) is 36.7 Å². The van der Waals surface area contributed by atoms with E-state index in [9.17, 15) is 19.1 Å². The van der Waals surface area contributed by atoms with Crippen LogP contribution in [0.1, 0.15) is 35.6 Å². The van der Waals surface area contributed by atoms with Crippen LogP contribution in [0.25, 0.3) is 11.0 Å². The highest BCUT2D eigenvalue weighted by Gasteiger charge is 2.30. The van der Waals surface area contributed by atoms with Gasteiger partial charge in [-0.3, -0.25) is 9.48 Å². The maximum absolute atomic E-state index is 13.9. The molecule has 0 saturated carbocycles. The number of rotatable bonds is 4. The predicted octanol–water partition coefficient (Wildman–Crippen LogP) is 2.65. The lowest BCUT2D eigenvalue weighted by molar-refractivity contribution is -0.146. The number of hydrogen-bond donors (Lipinski definition) is 2. The molecule has 8 nitrogen and oxygen atoms in total. The van der Waals surface area contributed by atoms with Gasteiger partial charge in [0.05, 0.1) is 34.4 Å². The molecule has 0 saturated heterocycles. The normalized spacial score (nSPS) is 11.6. The average molecular weight is 371 g/mol. The summed E-state index contributed by atoms with van der Waals surface area (Å²) in [7, 11) is 0. The number of benzene rings is 1. The first-order chi connectivity index (χ1) is 12.6. The van der Waals surface area contributed by atoms with Gasteiger partial charge >= 0.3 is 5.97 Å². The molecule has 27 heavy (non-hydrogen) atoms. The fourth-order valence-electron chi connectivity index (χ4n) is 2.46. The standard InChI is InChI=1S/C18H18FN5O3/c1-9-10(2)22-15-13(5-11(19)6-14(15)21-9)16(25)23-12-7-20-24(8-12)18(3,4)17(26)27/h5-8H,1-4H3,(H,23,25)(H,26,27). The molecule has 0 aliphatic heterocycles. The smallest absolute Gasteiger partial charge is 0.331 e. The number of carbonyl (C=O) groups is 2. The molecular formula is C18H18FN5O3. The van der Waals surface area contributed by atoms with E-state index in [1.165, 1.54) is 37.0 Å². The second-order valence-electron chi connectivity index (χ2n) is 6.71. The highest BCUT2D eigenvalue weighted by Crippen LogP contribution is 2.22. The van der Waals surface area contributed by atoms with E-state index in [0.29, 0.717) is 11.4 Å². The van der Waals surface area contributed by atoms with Gasteiger partial charge in [-0.1, -0.05) is 0 Å². The predicted molar refractivity (Wildman–Crippen MR) is 96.1 cm³/mol. The Labute approximate surface area is 154 Å². The molecule has 2 N–H and O–H groups in total. The second kappa shape index (κ2) is 6.42. The molecule has 2 heterocycles. The summed E-state index contributed by atoms with van der Waals surface area (Å²) in [6.07, 6.45) is 2.72. The van der Waals surface area contributed by atoms with E-state index >= 15 is 0 Å². The summed E-state index contributed by atoms with van der Waals surface area (Å²) in [5.41, 5.74) is 0.890. The Hall–Kier alpha value is -3.36. The third-order valence-corrected chi connectivity index (χ3v) is 4.33. The Bertz CT molecular complexity index is 1070. The molecule has 1 aromatic carbocycles. The van der Waals surface area contributed by atoms with Gasteiger partial charge in [-0.2, -0.15) is 5.10 Å². The Morgan fingerprint density at radius 2 is 1.85 bits per heavy atom. The Morgan fingerprint density at radius 3 is 2.52 bits per heavy atom. The van der Waals surface area contributed by atoms with Crippen LogP contribution in [0.4, 0.5) is 10.1 Å². The molecule has 0 bridgehead atoms. The Kier molecular flexibility index (Phi) is 4.38. The Balaban J connectivity index is 1.97. The van der Waals surface area contributed by atoms with E-state index in [1.807, 2.05) is 0 Å². The zero-order valence-electron chi connectivity index (χ0n) is 15.2. The van der Waals surface area contributed by atoms with Crippen LogP contribution >= 0.6 is 0 Å². The summed E-state index contributed by atoms with van der Waals surface area (Å²) in [6.45, 7) is 6.47. The van der Waals surface area contributed by atoms with Gasteiger partial charge in [-0.15, -0.1) is 0 Å². The average Bonchev–Trinajstić information content (AvgIpc) is 3.04. The van der Waals surface area contributed by atoms with E-state index in [1.54, 1.807) is 13.8 Å². The number of nitrogens with one attached hydrogen (secondary N) is 1. The fraction of sp³-hybridized carbons (Fsp3) is 0.278. The van der Waals surface area contributed by atoms with Crippen molar-refractivity contribution in [3.05, 3.63) is 47.3 Å². The molecule has 3 aromatic rings. The van der Waals surface area contributed by atoms with Crippen LogP contribution in [0, 0.1) is 19.7 Å². The molecule has 0 spiro atoms. The first-order valence-electron chi connectivity index (χ1n) is 8.14. The lowest BCUT2D eigenvalue weighted by atomic mass is 10.1. The van der Waals surface area contributed by atoms with Crippen molar-refractivity contribution in [3.63, 3.8) is 0 Å². The number of aryl methyl sites for hydroxylation is 2. The number of amides is 1. The van der Waals surface area contributed by atoms with Gasteiger partial charge in [0.2, 0.25) is 0 Å². The van der Waals surface area contributed by atoms with E-state index in [2.05, 4.69) is 20.4 Å². The van der Waals surface area contributed by atoms with Crippen LogP contribution in [0.2, 0.25) is 0 Å². The highest BCUT2D eigenvalue weighted by atomic mass is 19.1. The molecule has 9 heteroatoms. The summed E-state index contributed by atoms with van der Waals surface area (Å²) in [5, 5.41) is 15.8. The van der Waals surface area contributed by atoms with Gasteiger partial charge in [-0.25, -0.2) is 19.2 Å². The second-order valence-corrected chi connectivity index (χ2v) is 6.71. The van der Waals surface area contributed by atoms with Gasteiger partial charge in [0, 0.05) is 12.3 Å². The number of carboxylic acid groups (broad SMARTS) is 1. The molecule has 0 aliphatic carbocycles. The van der Waals surface area contributed by atoms with Gasteiger partial charge in [0.1, 0.15) is 11.3 Å². The minimum Gasteiger partial charge on any atom is -0.479 e. The van der Waals surface area contributed by atoms with E-state index in [-0.39, 0.29) is 22.3 Å². The number of carbonyl (C=O) groups excluding carboxylic acids is 1. The maximum Gasteiger partial charge on any atom is 0.331 e. The minimum atomic E-state index is -1.28. The van der Waals surface area contributed by atoms with Crippen molar-refractivity contribution in [3.8, 4) is 0 Å². The summed E-state index contributed by atoms with van der Waals surface area (Å²) in [5.74, 6) is -2.27. The molecule has 3 rings (SSSR count). The maximum atomic E-state index is 13.9. The van der Waals surface area contributed by atoms with Crippen molar-refractivity contribution in [1.29, 1.82) is 0 Å². The van der Waals surface area contributed by atoms with Crippen LogP contribution < -0.4 is 5.32 Å². The number of carboxylic acids is 1. The third-order valence-electron chi connectivity index (χ3n) is 4.33. The fourth-order valence-corrected chi connectivity index (χ4v) is 2.46. The molecule has 0 fully saturated rings. The molecule has 0 unspecified atom stereocenters. The number of fused-ring (bicyclic) bond motifs is 1. The minimum absolute atomic E-state index is 0.0332. The molecule has 0 aliphatic rings. The van der Waals surface area contributed by atoms with Crippen molar-refractivity contribution in [2.24, 2.45) is 0 Å². The van der Waals surface area contributed by atoms with Crippen LogP contribution in [0.5, 0.6) is 0 Å². The summed E-state index contributed by atoms with van der Waals surface area (Å²) in [4.78, 5) is 32.6. The zero-order chi connectivity index (χ0) is 19.9. The lowest BCUT2D eigenvalue weighted by Gasteiger charge is -2.19. The zero-order valence-corrected chi connectivity index (χ0v) is 15.2. The lowest BCUT2D eigenvalue weighted by Crippen LogP contribution is -2.35. The number of aromatic nitrogens is 4. The van der Waals surface area contributed by atoms with E-state index in [0.717, 1.165) is 6.07 Å². The topological polar surface area (TPSA) is 110 Å². The molecule has 0 atom stereocenters. The van der Waals surface area contributed by atoms with Gasteiger partial charge in [0.15, 0.2) is 5.54 Å². The Morgan fingerprint density at radius 1 is 1.19 bits per heavy atom. The first-order valence-corrected chi connectivity index (χ1v) is 8.14. The van der Waals surface area contributed by atoms with Crippen LogP contribution in [0.3, 0.4) is 0 Å².